The summed E-state index contributed by atoms with van der Waals surface area (Å²) in [6.45, 7) is 6.39. The molecule has 0 bridgehead atoms. The Morgan fingerprint density at radius 1 is 1.03 bits per heavy atom. The maximum atomic E-state index is 12.3. The van der Waals surface area contributed by atoms with Gasteiger partial charge in [0.05, 0.1) is 12.1 Å². The number of fused-ring (bicyclic) bond motifs is 1. The van der Waals surface area contributed by atoms with E-state index >= 15 is 0 Å². The molecule has 1 aliphatic heterocycles. The first-order valence-corrected chi connectivity index (χ1v) is 10.6. The van der Waals surface area contributed by atoms with Gasteiger partial charge in [0, 0.05) is 30.6 Å². The molecule has 1 aliphatic rings. The number of aryl methyl sites for hydroxylation is 3. The zero-order valence-electron chi connectivity index (χ0n) is 17.7. The summed E-state index contributed by atoms with van der Waals surface area (Å²) < 4.78 is 7.27. The van der Waals surface area contributed by atoms with Crippen molar-refractivity contribution in [3.63, 3.8) is 0 Å². The van der Waals surface area contributed by atoms with Crippen LogP contribution in [0.15, 0.2) is 40.9 Å². The smallest absolute Gasteiger partial charge is 0.258 e. The van der Waals surface area contributed by atoms with Crippen molar-refractivity contribution in [2.45, 2.75) is 39.7 Å². The van der Waals surface area contributed by atoms with Crippen molar-refractivity contribution in [1.82, 2.24) is 30.0 Å². The lowest BCUT2D eigenvalue weighted by molar-refractivity contribution is -0.130. The monoisotopic (exact) mass is 416 g/mol. The zero-order chi connectivity index (χ0) is 21.4. The van der Waals surface area contributed by atoms with Gasteiger partial charge >= 0.3 is 0 Å². The lowest BCUT2D eigenvalue weighted by Crippen LogP contribution is -2.28. The van der Waals surface area contributed by atoms with E-state index in [0.717, 1.165) is 48.1 Å². The van der Waals surface area contributed by atoms with Gasteiger partial charge in [-0.2, -0.15) is 4.98 Å². The predicted octanol–water partition coefficient (Wildman–Crippen LogP) is 3.78. The van der Waals surface area contributed by atoms with Crippen molar-refractivity contribution in [2.75, 3.05) is 13.1 Å². The molecule has 2 aromatic heterocycles. The fourth-order valence-corrected chi connectivity index (χ4v) is 3.94. The standard InChI is InChI=1S/C23H24N6O2/c1-15-5-6-18(13-16(15)2)23-24-22(26-31-23)17-7-8-20-19(14-17)25-27-29(20)12-9-21(30)28-10-3-4-11-28/h5-8,13-14H,3-4,9-12H2,1-2H3. The molecule has 1 amide bonds. The third-order valence-electron chi connectivity index (χ3n) is 5.95. The molecule has 5 rings (SSSR count). The van der Waals surface area contributed by atoms with Gasteiger partial charge in [0.2, 0.25) is 11.7 Å². The van der Waals surface area contributed by atoms with Gasteiger partial charge in [-0.3, -0.25) is 4.79 Å². The van der Waals surface area contributed by atoms with E-state index in [1.165, 1.54) is 11.1 Å². The zero-order valence-corrected chi connectivity index (χ0v) is 17.7. The number of hydrogen-bond donors (Lipinski definition) is 0. The minimum atomic E-state index is 0.184. The van der Waals surface area contributed by atoms with Gasteiger partial charge in [-0.25, -0.2) is 4.68 Å². The molecule has 3 heterocycles. The molecular formula is C23H24N6O2. The number of rotatable bonds is 5. The van der Waals surface area contributed by atoms with Gasteiger partial charge in [-0.1, -0.05) is 16.4 Å². The van der Waals surface area contributed by atoms with Crippen LogP contribution in [0.4, 0.5) is 0 Å². The van der Waals surface area contributed by atoms with Crippen molar-refractivity contribution in [3.05, 3.63) is 47.5 Å². The average molecular weight is 416 g/mol. The fourth-order valence-electron chi connectivity index (χ4n) is 3.94. The summed E-state index contributed by atoms with van der Waals surface area (Å²) in [5.41, 5.74) is 5.74. The molecule has 1 fully saturated rings. The van der Waals surface area contributed by atoms with Crippen LogP contribution in [0.1, 0.15) is 30.4 Å². The number of benzene rings is 2. The Labute approximate surface area is 179 Å². The van der Waals surface area contributed by atoms with Crippen LogP contribution in [0.3, 0.4) is 0 Å². The van der Waals surface area contributed by atoms with E-state index in [2.05, 4.69) is 34.3 Å². The molecule has 158 valence electrons. The molecule has 0 unspecified atom stereocenters. The Morgan fingerprint density at radius 2 is 1.84 bits per heavy atom. The van der Waals surface area contributed by atoms with Gasteiger partial charge in [0.25, 0.3) is 5.89 Å². The summed E-state index contributed by atoms with van der Waals surface area (Å²) in [6, 6.07) is 11.8. The second-order valence-corrected chi connectivity index (χ2v) is 8.08. The first-order valence-electron chi connectivity index (χ1n) is 10.6. The number of nitrogens with zero attached hydrogens (tertiary/aromatic N) is 6. The van der Waals surface area contributed by atoms with Gasteiger partial charge < -0.3 is 9.42 Å². The quantitative estimate of drug-likeness (QED) is 0.492. The first-order chi connectivity index (χ1) is 15.1. The molecule has 8 heteroatoms. The Kier molecular flexibility index (Phi) is 4.97. The number of aromatic nitrogens is 5. The maximum Gasteiger partial charge on any atom is 0.258 e. The van der Waals surface area contributed by atoms with Crippen molar-refractivity contribution in [3.8, 4) is 22.8 Å². The number of likely N-dealkylation sites (tertiary alicyclic amines) is 1. The number of carbonyl (C=O) groups is 1. The Hall–Kier alpha value is -3.55. The summed E-state index contributed by atoms with van der Waals surface area (Å²) in [5, 5.41) is 12.6. The highest BCUT2D eigenvalue weighted by atomic mass is 16.5. The second kappa shape index (κ2) is 7.94. The Morgan fingerprint density at radius 3 is 2.65 bits per heavy atom. The lowest BCUT2D eigenvalue weighted by atomic mass is 10.1. The highest BCUT2D eigenvalue weighted by Crippen LogP contribution is 2.26. The van der Waals surface area contributed by atoms with Crippen LogP contribution < -0.4 is 0 Å². The maximum absolute atomic E-state index is 12.3. The minimum Gasteiger partial charge on any atom is -0.343 e. The van der Waals surface area contributed by atoms with E-state index in [1.54, 1.807) is 4.68 Å². The first kappa shape index (κ1) is 19.4. The minimum absolute atomic E-state index is 0.184. The molecule has 1 saturated heterocycles. The third-order valence-corrected chi connectivity index (χ3v) is 5.95. The van der Waals surface area contributed by atoms with Crippen LogP contribution in [0.5, 0.6) is 0 Å². The highest BCUT2D eigenvalue weighted by Gasteiger charge is 2.18. The SMILES string of the molecule is Cc1ccc(-c2nc(-c3ccc4c(c3)nnn4CCC(=O)N3CCCC3)no2)cc1C. The van der Waals surface area contributed by atoms with Gasteiger partial charge in [-0.05, 0) is 68.1 Å². The highest BCUT2D eigenvalue weighted by molar-refractivity contribution is 5.80. The van der Waals surface area contributed by atoms with Crippen LogP contribution in [-0.4, -0.2) is 49.0 Å². The van der Waals surface area contributed by atoms with E-state index in [0.29, 0.717) is 24.7 Å². The lowest BCUT2D eigenvalue weighted by Gasteiger charge is -2.14. The van der Waals surface area contributed by atoms with Crippen LogP contribution in [0.2, 0.25) is 0 Å². The Bertz CT molecular complexity index is 1250. The molecule has 4 aromatic rings. The van der Waals surface area contributed by atoms with Crippen LogP contribution >= 0.6 is 0 Å². The van der Waals surface area contributed by atoms with Crippen LogP contribution in [0, 0.1) is 13.8 Å². The number of hydrogen-bond acceptors (Lipinski definition) is 6. The normalized spacial score (nSPS) is 13.9. The number of carbonyl (C=O) groups excluding carboxylic acids is 1. The summed E-state index contributed by atoms with van der Waals surface area (Å²) in [4.78, 5) is 18.8. The van der Waals surface area contributed by atoms with E-state index < -0.39 is 0 Å². The summed E-state index contributed by atoms with van der Waals surface area (Å²) in [7, 11) is 0. The molecule has 31 heavy (non-hydrogen) atoms. The van der Waals surface area contributed by atoms with Gasteiger partial charge in [0.15, 0.2) is 0 Å². The molecule has 0 radical (unpaired) electrons. The topological polar surface area (TPSA) is 89.9 Å². The van der Waals surface area contributed by atoms with Crippen molar-refractivity contribution < 1.29 is 9.32 Å². The summed E-state index contributed by atoms with van der Waals surface area (Å²) in [6.07, 6.45) is 2.63. The van der Waals surface area contributed by atoms with Crippen LogP contribution in [0.25, 0.3) is 33.9 Å². The third kappa shape index (κ3) is 3.81. The molecule has 2 aromatic carbocycles. The van der Waals surface area contributed by atoms with E-state index in [-0.39, 0.29) is 5.91 Å². The van der Waals surface area contributed by atoms with E-state index in [9.17, 15) is 4.79 Å². The molecule has 0 saturated carbocycles. The summed E-state index contributed by atoms with van der Waals surface area (Å²) in [5.74, 6) is 1.18. The van der Waals surface area contributed by atoms with Crippen molar-refractivity contribution in [2.24, 2.45) is 0 Å². The summed E-state index contributed by atoms with van der Waals surface area (Å²) >= 11 is 0. The van der Waals surface area contributed by atoms with Gasteiger partial charge in [0.1, 0.15) is 5.52 Å². The van der Waals surface area contributed by atoms with Crippen molar-refractivity contribution >= 4 is 16.9 Å². The molecule has 0 spiro atoms. The van der Waals surface area contributed by atoms with E-state index in [4.69, 9.17) is 4.52 Å². The molecule has 0 atom stereocenters. The molecule has 0 N–H and O–H groups in total. The largest absolute Gasteiger partial charge is 0.343 e. The average Bonchev–Trinajstić information content (AvgIpc) is 3.54. The predicted molar refractivity (Wildman–Crippen MR) is 116 cm³/mol. The van der Waals surface area contributed by atoms with Gasteiger partial charge in [-0.15, -0.1) is 5.10 Å². The fraction of sp³-hybridized carbons (Fsp3) is 0.348. The molecule has 8 nitrogen and oxygen atoms in total. The molecular weight excluding hydrogens is 392 g/mol. The Balaban J connectivity index is 1.34. The van der Waals surface area contributed by atoms with Crippen LogP contribution in [-0.2, 0) is 11.3 Å². The van der Waals surface area contributed by atoms with E-state index in [1.807, 2.05) is 41.3 Å². The number of amides is 1. The van der Waals surface area contributed by atoms with Crippen molar-refractivity contribution in [1.29, 1.82) is 0 Å². The second-order valence-electron chi connectivity index (χ2n) is 8.08. The molecule has 0 aliphatic carbocycles.